The van der Waals surface area contributed by atoms with Crippen molar-refractivity contribution < 1.29 is 4.79 Å². The minimum absolute atomic E-state index is 0.0338. The number of carbonyl (C=O) groups is 1. The highest BCUT2D eigenvalue weighted by molar-refractivity contribution is 5.95. The van der Waals surface area contributed by atoms with Crippen molar-refractivity contribution in [1.29, 1.82) is 5.26 Å². The van der Waals surface area contributed by atoms with Crippen molar-refractivity contribution in [2.75, 3.05) is 38.6 Å². The first-order chi connectivity index (χ1) is 10.0. The third-order valence-corrected chi connectivity index (χ3v) is 4.19. The quantitative estimate of drug-likeness (QED) is 0.798. The van der Waals surface area contributed by atoms with E-state index in [1.54, 1.807) is 19.1 Å². The van der Waals surface area contributed by atoms with E-state index in [1.807, 2.05) is 13.1 Å². The van der Waals surface area contributed by atoms with E-state index in [0.717, 1.165) is 18.8 Å². The SMILES string of the molecule is CC(=O)c1ccc(C#N)c(N(C)CC2CCCN(C)C2)c1. The summed E-state index contributed by atoms with van der Waals surface area (Å²) in [6, 6.07) is 7.54. The largest absolute Gasteiger partial charge is 0.373 e. The van der Waals surface area contributed by atoms with Crippen LogP contribution in [0.2, 0.25) is 0 Å². The maximum Gasteiger partial charge on any atom is 0.159 e. The standard InChI is InChI=1S/C17H23N3O/c1-13(21)15-6-7-16(10-18)17(9-15)20(3)12-14-5-4-8-19(2)11-14/h6-7,9,14H,4-5,8,11-12H2,1-3H3. The summed E-state index contributed by atoms with van der Waals surface area (Å²) in [5.41, 5.74) is 2.15. The number of hydrogen-bond acceptors (Lipinski definition) is 4. The molecule has 1 aromatic rings. The number of Topliss-reactive ketones (excluding diaryl/α,β-unsaturated/α-hetero) is 1. The van der Waals surface area contributed by atoms with Crippen LogP contribution in [0.4, 0.5) is 5.69 Å². The number of ketones is 1. The van der Waals surface area contributed by atoms with Crippen LogP contribution in [-0.2, 0) is 0 Å². The Morgan fingerprint density at radius 1 is 1.52 bits per heavy atom. The molecule has 0 amide bonds. The maximum absolute atomic E-state index is 11.5. The normalized spacial score (nSPS) is 19.0. The minimum atomic E-state index is 0.0338. The summed E-state index contributed by atoms with van der Waals surface area (Å²) in [6.45, 7) is 4.74. The van der Waals surface area contributed by atoms with Crippen molar-refractivity contribution in [3.05, 3.63) is 29.3 Å². The van der Waals surface area contributed by atoms with Gasteiger partial charge in [0.25, 0.3) is 0 Å². The van der Waals surface area contributed by atoms with E-state index in [1.165, 1.54) is 19.4 Å². The number of carbonyl (C=O) groups excluding carboxylic acids is 1. The Bertz CT molecular complexity index is 562. The van der Waals surface area contributed by atoms with Crippen LogP contribution in [0.15, 0.2) is 18.2 Å². The second-order valence-corrected chi connectivity index (χ2v) is 6.05. The number of hydrogen-bond donors (Lipinski definition) is 0. The predicted molar refractivity (Wildman–Crippen MR) is 84.7 cm³/mol. The summed E-state index contributed by atoms with van der Waals surface area (Å²) in [4.78, 5) is 16.0. The third kappa shape index (κ3) is 3.83. The van der Waals surface area contributed by atoms with Gasteiger partial charge in [0.05, 0.1) is 11.3 Å². The van der Waals surface area contributed by atoms with Crippen LogP contribution in [0.25, 0.3) is 0 Å². The molecule has 1 heterocycles. The van der Waals surface area contributed by atoms with E-state index in [4.69, 9.17) is 0 Å². The molecule has 1 aromatic carbocycles. The first-order valence-electron chi connectivity index (χ1n) is 7.46. The van der Waals surface area contributed by atoms with E-state index in [2.05, 4.69) is 22.9 Å². The fourth-order valence-corrected chi connectivity index (χ4v) is 3.07. The number of piperidine rings is 1. The van der Waals surface area contributed by atoms with Crippen LogP contribution in [-0.4, -0.2) is 44.4 Å². The summed E-state index contributed by atoms with van der Waals surface area (Å²) in [7, 11) is 4.16. The van der Waals surface area contributed by atoms with E-state index in [-0.39, 0.29) is 5.78 Å². The lowest BCUT2D eigenvalue weighted by atomic mass is 9.97. The van der Waals surface area contributed by atoms with Gasteiger partial charge >= 0.3 is 0 Å². The zero-order chi connectivity index (χ0) is 15.4. The fraction of sp³-hybridized carbons (Fsp3) is 0.529. The van der Waals surface area contributed by atoms with Gasteiger partial charge in [0.2, 0.25) is 0 Å². The number of nitrogens with zero attached hydrogens (tertiary/aromatic N) is 3. The Kier molecular flexibility index (Phi) is 4.98. The van der Waals surface area contributed by atoms with Crippen molar-refractivity contribution in [2.45, 2.75) is 19.8 Å². The summed E-state index contributed by atoms with van der Waals surface area (Å²) in [6.07, 6.45) is 2.45. The van der Waals surface area contributed by atoms with Crippen molar-refractivity contribution in [3.63, 3.8) is 0 Å². The Labute approximate surface area is 127 Å². The average molecular weight is 285 g/mol. The number of rotatable bonds is 4. The molecular weight excluding hydrogens is 262 g/mol. The van der Waals surface area contributed by atoms with Gasteiger partial charge in [-0.15, -0.1) is 0 Å². The van der Waals surface area contributed by atoms with Gasteiger partial charge in [-0.1, -0.05) is 0 Å². The Hall–Kier alpha value is -1.86. The van der Waals surface area contributed by atoms with E-state index in [9.17, 15) is 10.1 Å². The summed E-state index contributed by atoms with van der Waals surface area (Å²) >= 11 is 0. The number of nitriles is 1. The topological polar surface area (TPSA) is 47.3 Å². The Morgan fingerprint density at radius 2 is 2.29 bits per heavy atom. The predicted octanol–water partition coefficient (Wildman–Crippen LogP) is 2.54. The second-order valence-electron chi connectivity index (χ2n) is 6.05. The molecule has 1 unspecified atom stereocenters. The molecule has 4 nitrogen and oxygen atoms in total. The van der Waals surface area contributed by atoms with Gasteiger partial charge in [-0.3, -0.25) is 4.79 Å². The number of anilines is 1. The number of likely N-dealkylation sites (tertiary alicyclic amines) is 1. The van der Waals surface area contributed by atoms with E-state index in [0.29, 0.717) is 17.0 Å². The van der Waals surface area contributed by atoms with Crippen molar-refractivity contribution in [2.24, 2.45) is 5.92 Å². The zero-order valence-electron chi connectivity index (χ0n) is 13.1. The maximum atomic E-state index is 11.5. The Balaban J connectivity index is 2.17. The summed E-state index contributed by atoms with van der Waals surface area (Å²) in [5, 5.41) is 9.27. The van der Waals surface area contributed by atoms with Crippen LogP contribution < -0.4 is 4.90 Å². The number of benzene rings is 1. The molecule has 1 atom stereocenters. The third-order valence-electron chi connectivity index (χ3n) is 4.19. The van der Waals surface area contributed by atoms with Crippen molar-refractivity contribution in [1.82, 2.24) is 4.90 Å². The van der Waals surface area contributed by atoms with Crippen molar-refractivity contribution in [3.8, 4) is 6.07 Å². The van der Waals surface area contributed by atoms with E-state index >= 15 is 0 Å². The van der Waals surface area contributed by atoms with Crippen LogP contribution >= 0.6 is 0 Å². The molecule has 0 saturated carbocycles. The molecule has 2 rings (SSSR count). The first-order valence-corrected chi connectivity index (χ1v) is 7.46. The lowest BCUT2D eigenvalue weighted by Crippen LogP contribution is -2.38. The molecule has 0 spiro atoms. The monoisotopic (exact) mass is 285 g/mol. The van der Waals surface area contributed by atoms with Gasteiger partial charge in [0.15, 0.2) is 5.78 Å². The molecule has 1 aliphatic rings. The lowest BCUT2D eigenvalue weighted by Gasteiger charge is -2.33. The average Bonchev–Trinajstić information content (AvgIpc) is 2.46. The molecule has 0 aliphatic carbocycles. The molecule has 0 radical (unpaired) electrons. The molecule has 1 aliphatic heterocycles. The minimum Gasteiger partial charge on any atom is -0.373 e. The molecule has 112 valence electrons. The highest BCUT2D eigenvalue weighted by Gasteiger charge is 2.20. The van der Waals surface area contributed by atoms with Crippen LogP contribution in [0.1, 0.15) is 35.7 Å². The molecule has 0 bridgehead atoms. The zero-order valence-corrected chi connectivity index (χ0v) is 13.1. The van der Waals surface area contributed by atoms with Crippen LogP contribution in [0.3, 0.4) is 0 Å². The molecule has 21 heavy (non-hydrogen) atoms. The molecule has 1 saturated heterocycles. The Morgan fingerprint density at radius 3 is 2.90 bits per heavy atom. The summed E-state index contributed by atoms with van der Waals surface area (Å²) in [5.74, 6) is 0.646. The van der Waals surface area contributed by atoms with Gasteiger partial charge in [0.1, 0.15) is 6.07 Å². The lowest BCUT2D eigenvalue weighted by molar-refractivity contribution is 0.101. The highest BCUT2D eigenvalue weighted by atomic mass is 16.1. The van der Waals surface area contributed by atoms with Gasteiger partial charge < -0.3 is 9.80 Å². The molecule has 4 heteroatoms. The molecule has 1 fully saturated rings. The second kappa shape index (κ2) is 6.73. The van der Waals surface area contributed by atoms with Gasteiger partial charge in [0, 0.05) is 25.7 Å². The van der Waals surface area contributed by atoms with Gasteiger partial charge in [-0.05, 0) is 57.5 Å². The van der Waals surface area contributed by atoms with Crippen LogP contribution in [0.5, 0.6) is 0 Å². The smallest absolute Gasteiger partial charge is 0.159 e. The molecule has 0 N–H and O–H groups in total. The van der Waals surface area contributed by atoms with Crippen LogP contribution in [0, 0.1) is 17.2 Å². The van der Waals surface area contributed by atoms with Gasteiger partial charge in [-0.2, -0.15) is 5.26 Å². The van der Waals surface area contributed by atoms with E-state index < -0.39 is 0 Å². The fourth-order valence-electron chi connectivity index (χ4n) is 3.07. The summed E-state index contributed by atoms with van der Waals surface area (Å²) < 4.78 is 0. The molecule has 0 aromatic heterocycles. The highest BCUT2D eigenvalue weighted by Crippen LogP contribution is 2.24. The molecular formula is C17H23N3O. The first kappa shape index (κ1) is 15.5. The van der Waals surface area contributed by atoms with Crippen molar-refractivity contribution >= 4 is 11.5 Å². The van der Waals surface area contributed by atoms with Gasteiger partial charge in [-0.25, -0.2) is 0 Å².